The van der Waals surface area contributed by atoms with Crippen molar-refractivity contribution in [3.8, 4) is 6.07 Å². The highest BCUT2D eigenvalue weighted by Crippen LogP contribution is 2.27. The number of aldehydes is 1. The third-order valence-corrected chi connectivity index (χ3v) is 2.07. The van der Waals surface area contributed by atoms with E-state index in [0.717, 1.165) is 12.1 Å². The van der Waals surface area contributed by atoms with Gasteiger partial charge in [0.1, 0.15) is 11.6 Å². The van der Waals surface area contributed by atoms with Crippen LogP contribution in [-0.4, -0.2) is 22.3 Å². The second-order valence-electron chi connectivity index (χ2n) is 3.12. The van der Waals surface area contributed by atoms with Gasteiger partial charge in [-0.05, 0) is 18.2 Å². The van der Waals surface area contributed by atoms with Crippen molar-refractivity contribution < 1.29 is 19.6 Å². The molecule has 0 amide bonds. The molecule has 90 valence electrons. The smallest absolute Gasteiger partial charge is 0.328 e. The number of hydrogen-bond donors (Lipinski definition) is 1. The average molecular weight is 246 g/mol. The molecule has 0 bridgehead atoms. The fourth-order valence-electron chi connectivity index (χ4n) is 1.34. The van der Waals surface area contributed by atoms with E-state index in [1.54, 1.807) is 6.07 Å². The monoisotopic (exact) mass is 246 g/mol. The Morgan fingerprint density at radius 3 is 2.61 bits per heavy atom. The first kappa shape index (κ1) is 13.1. The number of nitrogens with zero attached hydrogens (tertiary/aromatic N) is 2. The molecule has 0 aliphatic rings. The lowest BCUT2D eigenvalue weighted by molar-refractivity contribution is -0.385. The van der Waals surface area contributed by atoms with Crippen LogP contribution in [0.1, 0.15) is 21.5 Å². The molecule has 0 aromatic heterocycles. The first-order valence-electron chi connectivity index (χ1n) is 4.59. The molecule has 0 saturated carbocycles. The molecule has 0 unspecified atom stereocenters. The Labute approximate surface area is 101 Å². The predicted octanol–water partition coefficient (Wildman–Crippen LogP) is 1.38. The van der Waals surface area contributed by atoms with Crippen molar-refractivity contribution in [1.82, 2.24) is 0 Å². The maximum absolute atomic E-state index is 10.9. The van der Waals surface area contributed by atoms with Gasteiger partial charge in [0.05, 0.1) is 10.5 Å². The summed E-state index contributed by atoms with van der Waals surface area (Å²) in [5, 5.41) is 28.1. The first-order valence-corrected chi connectivity index (χ1v) is 4.59. The highest BCUT2D eigenvalue weighted by atomic mass is 16.6. The van der Waals surface area contributed by atoms with Crippen LogP contribution in [0, 0.1) is 21.4 Å². The quantitative estimate of drug-likeness (QED) is 0.370. The number of carbonyl (C=O) groups is 2. The number of nitro benzene ring substituents is 1. The molecule has 1 rings (SSSR count). The third kappa shape index (κ3) is 2.56. The lowest BCUT2D eigenvalue weighted by atomic mass is 10.0. The third-order valence-electron chi connectivity index (χ3n) is 2.07. The van der Waals surface area contributed by atoms with E-state index < -0.39 is 16.6 Å². The summed E-state index contributed by atoms with van der Waals surface area (Å²) >= 11 is 0. The van der Waals surface area contributed by atoms with Crippen LogP contribution in [0.4, 0.5) is 5.69 Å². The number of aliphatic carboxylic acids is 1. The Morgan fingerprint density at radius 2 is 2.17 bits per heavy atom. The van der Waals surface area contributed by atoms with Gasteiger partial charge in [0.25, 0.3) is 5.69 Å². The molecule has 0 aliphatic heterocycles. The predicted molar refractivity (Wildman–Crippen MR) is 59.9 cm³/mol. The summed E-state index contributed by atoms with van der Waals surface area (Å²) in [7, 11) is 0. The van der Waals surface area contributed by atoms with E-state index in [4.69, 9.17) is 10.4 Å². The maximum Gasteiger partial charge on any atom is 0.328 e. The minimum atomic E-state index is -1.32. The van der Waals surface area contributed by atoms with E-state index >= 15 is 0 Å². The van der Waals surface area contributed by atoms with Crippen molar-refractivity contribution in [2.45, 2.75) is 0 Å². The van der Waals surface area contributed by atoms with Gasteiger partial charge in [-0.3, -0.25) is 14.9 Å². The average Bonchev–Trinajstić information content (AvgIpc) is 2.34. The Bertz CT molecular complexity index is 598. The number of carbonyl (C=O) groups excluding carboxylic acids is 1. The molecule has 0 saturated heterocycles. The van der Waals surface area contributed by atoms with E-state index in [-0.39, 0.29) is 16.7 Å². The molecule has 1 aromatic rings. The number of carboxylic acids is 1. The van der Waals surface area contributed by atoms with Crippen LogP contribution in [0.3, 0.4) is 0 Å². The Kier molecular flexibility index (Phi) is 3.89. The SMILES string of the molecule is N#Cc1ccc(C=O)c(/C=C/C(=O)O)c1[N+](=O)[O-]. The van der Waals surface area contributed by atoms with E-state index in [1.807, 2.05) is 0 Å². The van der Waals surface area contributed by atoms with Gasteiger partial charge in [-0.1, -0.05) is 0 Å². The molecule has 0 spiro atoms. The van der Waals surface area contributed by atoms with Crippen LogP contribution >= 0.6 is 0 Å². The molecule has 7 heteroatoms. The van der Waals surface area contributed by atoms with E-state index in [2.05, 4.69) is 0 Å². The van der Waals surface area contributed by atoms with Crippen LogP contribution in [0.2, 0.25) is 0 Å². The Hall–Kier alpha value is -3.01. The van der Waals surface area contributed by atoms with Crippen LogP contribution in [-0.2, 0) is 4.79 Å². The van der Waals surface area contributed by atoms with Crippen LogP contribution in [0.15, 0.2) is 18.2 Å². The number of carboxylic acid groups (broad SMARTS) is 1. The van der Waals surface area contributed by atoms with E-state index in [0.29, 0.717) is 12.4 Å². The van der Waals surface area contributed by atoms with Gasteiger partial charge in [-0.15, -0.1) is 0 Å². The highest BCUT2D eigenvalue weighted by molar-refractivity contribution is 5.92. The standard InChI is InChI=1S/C11H6N2O5/c12-5-7-1-2-8(6-14)9(3-4-10(15)16)11(7)13(17)18/h1-4,6H,(H,15,16)/b4-3+. The molecule has 0 heterocycles. The van der Waals surface area contributed by atoms with Crippen molar-refractivity contribution in [3.63, 3.8) is 0 Å². The zero-order chi connectivity index (χ0) is 13.7. The molecular weight excluding hydrogens is 240 g/mol. The van der Waals surface area contributed by atoms with Gasteiger partial charge in [-0.2, -0.15) is 5.26 Å². The zero-order valence-corrected chi connectivity index (χ0v) is 8.86. The lowest BCUT2D eigenvalue weighted by Crippen LogP contribution is -2.00. The fourth-order valence-corrected chi connectivity index (χ4v) is 1.34. The summed E-state index contributed by atoms with van der Waals surface area (Å²) in [4.78, 5) is 31.2. The molecule has 1 N–H and O–H groups in total. The van der Waals surface area contributed by atoms with Gasteiger partial charge in [0.2, 0.25) is 0 Å². The summed E-state index contributed by atoms with van der Waals surface area (Å²) in [5.74, 6) is -1.32. The fraction of sp³-hybridized carbons (Fsp3) is 0. The van der Waals surface area contributed by atoms with Crippen molar-refractivity contribution in [1.29, 1.82) is 5.26 Å². The Morgan fingerprint density at radius 1 is 1.50 bits per heavy atom. The molecule has 0 fully saturated rings. The van der Waals surface area contributed by atoms with Crippen LogP contribution in [0.25, 0.3) is 6.08 Å². The topological polar surface area (TPSA) is 121 Å². The number of nitro groups is 1. The molecule has 7 nitrogen and oxygen atoms in total. The molecule has 1 aromatic carbocycles. The molecular formula is C11H6N2O5. The van der Waals surface area contributed by atoms with Gasteiger partial charge in [0, 0.05) is 11.6 Å². The van der Waals surface area contributed by atoms with Gasteiger partial charge in [0.15, 0.2) is 6.29 Å². The second kappa shape index (κ2) is 5.36. The minimum Gasteiger partial charge on any atom is -0.478 e. The van der Waals surface area contributed by atoms with Gasteiger partial charge >= 0.3 is 5.97 Å². The minimum absolute atomic E-state index is 0.0572. The summed E-state index contributed by atoms with van der Waals surface area (Å²) < 4.78 is 0. The van der Waals surface area contributed by atoms with Gasteiger partial charge < -0.3 is 5.11 Å². The van der Waals surface area contributed by atoms with E-state index in [1.165, 1.54) is 6.07 Å². The van der Waals surface area contributed by atoms with Crippen molar-refractivity contribution >= 4 is 24.0 Å². The highest BCUT2D eigenvalue weighted by Gasteiger charge is 2.21. The van der Waals surface area contributed by atoms with Crippen molar-refractivity contribution in [2.75, 3.05) is 0 Å². The summed E-state index contributed by atoms with van der Waals surface area (Å²) in [6, 6.07) is 3.98. The summed E-state index contributed by atoms with van der Waals surface area (Å²) in [6.07, 6.45) is 1.94. The van der Waals surface area contributed by atoms with Crippen molar-refractivity contribution in [2.24, 2.45) is 0 Å². The Balaban J connectivity index is 3.61. The molecule has 0 radical (unpaired) electrons. The summed E-state index contributed by atoms with van der Waals surface area (Å²) in [5.41, 5.74) is -1.08. The first-order chi connectivity index (χ1) is 8.51. The number of nitriles is 1. The van der Waals surface area contributed by atoms with Crippen LogP contribution in [0.5, 0.6) is 0 Å². The van der Waals surface area contributed by atoms with Gasteiger partial charge in [-0.25, -0.2) is 4.79 Å². The van der Waals surface area contributed by atoms with E-state index in [9.17, 15) is 19.7 Å². The largest absolute Gasteiger partial charge is 0.478 e. The molecule has 18 heavy (non-hydrogen) atoms. The molecule has 0 aliphatic carbocycles. The maximum atomic E-state index is 10.9. The summed E-state index contributed by atoms with van der Waals surface area (Å²) in [6.45, 7) is 0. The number of benzene rings is 1. The van der Waals surface area contributed by atoms with Crippen molar-refractivity contribution in [3.05, 3.63) is 45.0 Å². The van der Waals surface area contributed by atoms with Crippen LogP contribution < -0.4 is 0 Å². The second-order valence-corrected chi connectivity index (χ2v) is 3.12. The molecule has 0 atom stereocenters. The normalized spacial score (nSPS) is 9.94. The lowest BCUT2D eigenvalue weighted by Gasteiger charge is -2.02. The zero-order valence-electron chi connectivity index (χ0n) is 8.86. The number of rotatable bonds is 4. The number of hydrogen-bond acceptors (Lipinski definition) is 5.